The van der Waals surface area contributed by atoms with Gasteiger partial charge < -0.3 is 0 Å². The molecule has 0 bridgehead atoms. The van der Waals surface area contributed by atoms with Crippen molar-refractivity contribution in [1.29, 1.82) is 0 Å². The van der Waals surface area contributed by atoms with Gasteiger partial charge in [0.15, 0.2) is 0 Å². The Hall–Kier alpha value is -8.80. The zero-order chi connectivity index (χ0) is 46.8. The van der Waals surface area contributed by atoms with Crippen LogP contribution in [0.15, 0.2) is 249 Å². The van der Waals surface area contributed by atoms with Crippen molar-refractivity contribution in [3.8, 4) is 28.2 Å². The second-order valence-corrected chi connectivity index (χ2v) is 18.9. The normalized spacial score (nSPS) is 12.2. The van der Waals surface area contributed by atoms with E-state index < -0.39 is 0 Å². The first kappa shape index (κ1) is 41.2. The molecule has 0 radical (unpaired) electrons. The number of aromatic nitrogens is 5. The van der Waals surface area contributed by atoms with Crippen LogP contribution in [0.4, 0.5) is 0 Å². The van der Waals surface area contributed by atoms with Gasteiger partial charge in [-0.3, -0.25) is 14.5 Å². The molecule has 326 valence electrons. The maximum absolute atomic E-state index is 4.94. The minimum Gasteiger partial charge on any atom is -0.278 e. The molecule has 5 nitrogen and oxygen atoms in total. The van der Waals surface area contributed by atoms with E-state index in [1.807, 2.05) is 43.0 Å². The van der Waals surface area contributed by atoms with Crippen LogP contribution < -0.4 is 65.8 Å². The van der Waals surface area contributed by atoms with Crippen LogP contribution in [0.25, 0.3) is 50.0 Å². The third kappa shape index (κ3) is 6.83. The third-order valence-electron chi connectivity index (χ3n) is 15.0. The Morgan fingerprint density at radius 2 is 0.690 bits per heavy atom. The van der Waals surface area contributed by atoms with E-state index in [0.29, 0.717) is 5.95 Å². The summed E-state index contributed by atoms with van der Waals surface area (Å²) < 4.78 is 2.27. The van der Waals surface area contributed by atoms with Gasteiger partial charge in [-0.25, -0.2) is 9.97 Å². The van der Waals surface area contributed by atoms with E-state index >= 15 is 0 Å². The summed E-state index contributed by atoms with van der Waals surface area (Å²) in [5.74, 6) is 0.635. The molecule has 8 aromatic carbocycles. The molecular formula is C62H41B4N5. The zero-order valence-electron chi connectivity index (χ0n) is 38.7. The average Bonchev–Trinajstić information content (AvgIpc) is 4.07. The number of pyridine rings is 2. The summed E-state index contributed by atoms with van der Waals surface area (Å²) in [6.07, 6.45) is 7.50. The van der Waals surface area contributed by atoms with Gasteiger partial charge >= 0.3 is 0 Å². The number of nitrogens with zero attached hydrogens (tertiary/aromatic N) is 5. The summed E-state index contributed by atoms with van der Waals surface area (Å²) in [6, 6.07) is 82.1. The van der Waals surface area contributed by atoms with Gasteiger partial charge in [0.2, 0.25) is 19.4 Å². The van der Waals surface area contributed by atoms with Crippen molar-refractivity contribution in [1.82, 2.24) is 24.5 Å². The van der Waals surface area contributed by atoms with Crippen molar-refractivity contribution < 1.29 is 0 Å². The van der Waals surface area contributed by atoms with E-state index in [2.05, 4.69) is 211 Å². The fraction of sp³-hybridized carbons (Fsp3) is 0. The summed E-state index contributed by atoms with van der Waals surface area (Å²) in [7, 11) is 0. The van der Waals surface area contributed by atoms with Crippen LogP contribution in [-0.4, -0.2) is 51.4 Å². The van der Waals surface area contributed by atoms with Gasteiger partial charge in [0.05, 0.1) is 11.0 Å². The topological polar surface area (TPSA) is 56.5 Å². The Balaban J connectivity index is 0.943. The molecule has 6 heterocycles. The van der Waals surface area contributed by atoms with E-state index in [1.54, 1.807) is 0 Å². The minimum absolute atomic E-state index is 0.0447. The van der Waals surface area contributed by atoms with Gasteiger partial charge in [-0.15, -0.1) is 0 Å². The Bertz CT molecular complexity index is 3730. The standard InChI is InChI=1S/C62H41B4N5/c1-3-16-42(17-4-1)63(44-26-30-50-48-20-7-9-22-54(48)65(56(50)38-44)60-24-11-13-34-67-60)46-28-32-52-53-33-29-47(41-59(53)71(58(52)40-46)62-69-36-15-37-70-62)64(43-18-5-2-6-19-43)45-27-31-51-49-21-8-10-23-55(49)66(57(51)39-45)61-25-12-14-35-68-61/h1-41H. The van der Waals surface area contributed by atoms with E-state index in [-0.39, 0.29) is 26.9 Å². The van der Waals surface area contributed by atoms with Crippen LogP contribution in [0.5, 0.6) is 0 Å². The average molecular weight is 899 g/mol. The molecule has 2 aliphatic rings. The van der Waals surface area contributed by atoms with Crippen LogP contribution in [0, 0.1) is 0 Å². The SMILES string of the molecule is c1ccc(B(c2ccc3c(c2)B(c2ccccn2)c2ccccc2-3)c2ccc3c4ccc(B(c5ccccc5)c5ccc6c(c5)B(c5ccccn5)c5ccccc5-6)cc4n(-c4ncccn4)c3c2)cc1. The number of hydrogen-bond acceptors (Lipinski definition) is 4. The van der Waals surface area contributed by atoms with Crippen LogP contribution in [0.1, 0.15) is 0 Å². The largest absolute Gasteiger partial charge is 0.278 e. The molecule has 0 unspecified atom stereocenters. The quantitative estimate of drug-likeness (QED) is 0.202. The maximum Gasteiger partial charge on any atom is 0.266 e. The second kappa shape index (κ2) is 17.0. The fourth-order valence-electron chi connectivity index (χ4n) is 12.0. The highest BCUT2D eigenvalue weighted by Gasteiger charge is 2.37. The predicted molar refractivity (Wildman–Crippen MR) is 300 cm³/mol. The molecule has 0 aliphatic carbocycles. The Labute approximate surface area is 414 Å². The Morgan fingerprint density at radius 1 is 0.296 bits per heavy atom. The van der Waals surface area contributed by atoms with Crippen molar-refractivity contribution in [2.75, 3.05) is 0 Å². The first-order chi connectivity index (χ1) is 35.2. The summed E-state index contributed by atoms with van der Waals surface area (Å²) in [6.45, 7) is -0.0197. The van der Waals surface area contributed by atoms with E-state index in [4.69, 9.17) is 19.9 Å². The molecule has 9 heteroatoms. The molecule has 0 saturated heterocycles. The van der Waals surface area contributed by atoms with Crippen molar-refractivity contribution in [3.05, 3.63) is 249 Å². The van der Waals surface area contributed by atoms with Crippen LogP contribution in [0.3, 0.4) is 0 Å². The lowest BCUT2D eigenvalue weighted by Crippen LogP contribution is -2.55. The van der Waals surface area contributed by atoms with Crippen molar-refractivity contribution >= 4 is 114 Å². The lowest BCUT2D eigenvalue weighted by molar-refractivity contribution is 0.989. The molecule has 71 heavy (non-hydrogen) atoms. The highest BCUT2D eigenvalue weighted by atomic mass is 15.1. The molecule has 0 N–H and O–H groups in total. The maximum atomic E-state index is 4.94. The van der Waals surface area contributed by atoms with Gasteiger partial charge in [0, 0.05) is 46.7 Å². The Morgan fingerprint density at radius 3 is 1.15 bits per heavy atom. The number of benzene rings is 8. The highest BCUT2D eigenvalue weighted by molar-refractivity contribution is 7.01. The van der Waals surface area contributed by atoms with E-state index in [0.717, 1.165) is 33.0 Å². The van der Waals surface area contributed by atoms with Crippen LogP contribution in [0.2, 0.25) is 0 Å². The van der Waals surface area contributed by atoms with Crippen molar-refractivity contribution in [2.24, 2.45) is 0 Å². The molecule has 4 aromatic heterocycles. The summed E-state index contributed by atoms with van der Waals surface area (Å²) in [4.78, 5) is 19.7. The molecular weight excluding hydrogens is 858 g/mol. The summed E-state index contributed by atoms with van der Waals surface area (Å²) >= 11 is 0. The lowest BCUT2D eigenvalue weighted by atomic mass is 9.35. The second-order valence-electron chi connectivity index (χ2n) is 18.9. The Kier molecular flexibility index (Phi) is 9.87. The van der Waals surface area contributed by atoms with Crippen molar-refractivity contribution in [2.45, 2.75) is 0 Å². The third-order valence-corrected chi connectivity index (χ3v) is 15.0. The van der Waals surface area contributed by atoms with E-state index in [9.17, 15) is 0 Å². The van der Waals surface area contributed by atoms with Gasteiger partial charge in [0.1, 0.15) is 0 Å². The smallest absolute Gasteiger partial charge is 0.266 e. The van der Waals surface area contributed by atoms with Crippen molar-refractivity contribution in [3.63, 3.8) is 0 Å². The van der Waals surface area contributed by atoms with Gasteiger partial charge in [-0.1, -0.05) is 237 Å². The number of fused-ring (bicyclic) bond motifs is 9. The molecule has 12 aromatic rings. The zero-order valence-corrected chi connectivity index (χ0v) is 38.7. The molecule has 0 amide bonds. The summed E-state index contributed by atoms with van der Waals surface area (Å²) in [5, 5.41) is 2.30. The van der Waals surface area contributed by atoms with Gasteiger partial charge in [0.25, 0.3) is 13.4 Å². The molecule has 0 spiro atoms. The molecule has 0 saturated carbocycles. The fourth-order valence-corrected chi connectivity index (χ4v) is 12.0. The first-order valence-corrected chi connectivity index (χ1v) is 24.5. The molecule has 14 rings (SSSR count). The highest BCUT2D eigenvalue weighted by Crippen LogP contribution is 2.31. The molecule has 0 atom stereocenters. The van der Waals surface area contributed by atoms with E-state index in [1.165, 1.54) is 76.9 Å². The number of hydrogen-bond donors (Lipinski definition) is 0. The first-order valence-electron chi connectivity index (χ1n) is 24.5. The van der Waals surface area contributed by atoms with Gasteiger partial charge in [-0.2, -0.15) is 0 Å². The monoisotopic (exact) mass is 899 g/mol. The predicted octanol–water partition coefficient (Wildman–Crippen LogP) is 4.39. The minimum atomic E-state index is -0.0546. The summed E-state index contributed by atoms with van der Waals surface area (Å²) in [5.41, 5.74) is 21.8. The van der Waals surface area contributed by atoms with Crippen LogP contribution >= 0.6 is 0 Å². The van der Waals surface area contributed by atoms with Crippen LogP contribution in [-0.2, 0) is 0 Å². The van der Waals surface area contributed by atoms with Gasteiger partial charge in [-0.05, 0) is 64.7 Å². The number of rotatable bonds is 9. The molecule has 2 aliphatic heterocycles. The molecule has 0 fully saturated rings. The lowest BCUT2D eigenvalue weighted by Gasteiger charge is -2.19.